The van der Waals surface area contributed by atoms with Gasteiger partial charge in [-0.3, -0.25) is 14.6 Å². The van der Waals surface area contributed by atoms with Crippen LogP contribution in [-0.2, 0) is 5.92 Å². The number of carbonyl (C=O) groups excluding carboxylic acids is 2. The summed E-state index contributed by atoms with van der Waals surface area (Å²) >= 11 is 0. The van der Waals surface area contributed by atoms with Gasteiger partial charge in [0, 0.05) is 49.8 Å². The molecule has 1 saturated heterocycles. The van der Waals surface area contributed by atoms with E-state index < -0.39 is 5.92 Å². The number of carbonyl (C=O) groups is 2. The van der Waals surface area contributed by atoms with Crippen molar-refractivity contribution in [1.82, 2.24) is 9.80 Å². The number of Topliss-reactive ketones (excluding diaryl/α,β-unsaturated/α-hetero) is 1. The SMILES string of the molecule is C=Nc1cc(C(=O)N2CCC(N(CCC)CCC)CC2)ccc1NC.CC(=O)c1ccccc1-c1cccc(C(C)(F)F)c1. The molecule has 1 amide bonds. The third kappa shape index (κ3) is 9.05. The molecule has 0 saturated carbocycles. The van der Waals surface area contributed by atoms with E-state index in [0.29, 0.717) is 28.3 Å². The number of likely N-dealkylation sites (tertiary alicyclic amines) is 1. The van der Waals surface area contributed by atoms with Crippen LogP contribution >= 0.6 is 0 Å². The summed E-state index contributed by atoms with van der Waals surface area (Å²) in [6.45, 7) is 14.4. The Morgan fingerprint density at radius 2 is 1.66 bits per heavy atom. The zero-order valence-electron chi connectivity index (χ0n) is 26.7. The highest BCUT2D eigenvalue weighted by Gasteiger charge is 2.27. The highest BCUT2D eigenvalue weighted by molar-refractivity contribution is 6.00. The standard InChI is InChI=1S/C20H32N4O.C16H14F2O/c1-5-11-23(12-6-2)17-9-13-24(14-10-17)20(25)16-7-8-18(21-3)19(15-16)22-4;1-11(19)14-8-3-4-9-15(14)12-6-5-7-13(10-12)16(2,17)18/h7-8,15,17,21H,4-6,9-14H2,1-3H3;3-10H,1-2H3. The first-order chi connectivity index (χ1) is 21.0. The predicted molar refractivity (Wildman–Crippen MR) is 178 cm³/mol. The molecule has 0 aromatic heterocycles. The summed E-state index contributed by atoms with van der Waals surface area (Å²) in [6.07, 6.45) is 4.50. The molecule has 8 heteroatoms. The average molecular weight is 605 g/mol. The molecule has 44 heavy (non-hydrogen) atoms. The maximum atomic E-state index is 13.3. The number of nitrogens with zero attached hydrogens (tertiary/aromatic N) is 3. The van der Waals surface area contributed by atoms with Gasteiger partial charge in [-0.15, -0.1) is 0 Å². The third-order valence-electron chi connectivity index (χ3n) is 7.96. The average Bonchev–Trinajstić information content (AvgIpc) is 3.04. The van der Waals surface area contributed by atoms with Crippen LogP contribution in [0.3, 0.4) is 0 Å². The van der Waals surface area contributed by atoms with Gasteiger partial charge in [0.1, 0.15) is 0 Å². The van der Waals surface area contributed by atoms with Gasteiger partial charge in [0.05, 0.1) is 11.4 Å². The van der Waals surface area contributed by atoms with Crippen LogP contribution in [0.1, 0.15) is 79.7 Å². The van der Waals surface area contributed by atoms with E-state index in [1.54, 1.807) is 36.4 Å². The van der Waals surface area contributed by atoms with Gasteiger partial charge in [-0.25, -0.2) is 8.78 Å². The highest BCUT2D eigenvalue weighted by atomic mass is 19.3. The number of hydrogen-bond acceptors (Lipinski definition) is 5. The molecule has 0 unspecified atom stereocenters. The van der Waals surface area contributed by atoms with Gasteiger partial charge in [-0.1, -0.05) is 56.3 Å². The minimum Gasteiger partial charge on any atom is -0.386 e. The number of rotatable bonds is 11. The minimum absolute atomic E-state index is 0.0524. The first-order valence-corrected chi connectivity index (χ1v) is 15.4. The Balaban J connectivity index is 0.000000249. The van der Waals surface area contributed by atoms with E-state index in [2.05, 4.69) is 35.8 Å². The quantitative estimate of drug-likeness (QED) is 0.176. The maximum Gasteiger partial charge on any atom is 0.270 e. The van der Waals surface area contributed by atoms with Crippen molar-refractivity contribution in [1.29, 1.82) is 0 Å². The van der Waals surface area contributed by atoms with Crippen molar-refractivity contribution in [3.8, 4) is 11.1 Å². The van der Waals surface area contributed by atoms with Crippen LogP contribution in [-0.4, -0.2) is 67.5 Å². The van der Waals surface area contributed by atoms with Crippen LogP contribution in [0.4, 0.5) is 20.2 Å². The minimum atomic E-state index is -2.89. The second kappa shape index (κ2) is 16.2. The van der Waals surface area contributed by atoms with Gasteiger partial charge in [0.25, 0.3) is 11.8 Å². The van der Waals surface area contributed by atoms with Crippen LogP contribution in [0.2, 0.25) is 0 Å². The summed E-state index contributed by atoms with van der Waals surface area (Å²) in [5.41, 5.74) is 4.10. The number of anilines is 1. The molecule has 4 rings (SSSR count). The Bertz CT molecular complexity index is 1410. The van der Waals surface area contributed by atoms with Crippen LogP contribution in [0.15, 0.2) is 71.7 Å². The molecule has 0 aliphatic carbocycles. The van der Waals surface area contributed by atoms with E-state index in [0.717, 1.165) is 57.3 Å². The molecule has 1 aliphatic heterocycles. The number of amides is 1. The lowest BCUT2D eigenvalue weighted by molar-refractivity contribution is 0.0175. The largest absolute Gasteiger partial charge is 0.386 e. The van der Waals surface area contributed by atoms with Gasteiger partial charge in [-0.2, -0.15) is 0 Å². The van der Waals surface area contributed by atoms with Crippen LogP contribution in [0.25, 0.3) is 11.1 Å². The van der Waals surface area contributed by atoms with Crippen molar-refractivity contribution in [2.45, 2.75) is 65.3 Å². The Labute approximate surface area is 261 Å². The van der Waals surface area contributed by atoms with Gasteiger partial charge in [-0.05, 0) is 87.8 Å². The Morgan fingerprint density at radius 3 is 2.23 bits per heavy atom. The molecule has 3 aromatic rings. The number of halogens is 2. The van der Waals surface area contributed by atoms with Crippen molar-refractivity contribution in [2.75, 3.05) is 38.5 Å². The fourth-order valence-corrected chi connectivity index (χ4v) is 5.68. The molecule has 1 heterocycles. The monoisotopic (exact) mass is 604 g/mol. The molecule has 1 aliphatic rings. The van der Waals surface area contributed by atoms with Gasteiger partial charge < -0.3 is 15.1 Å². The van der Waals surface area contributed by atoms with Crippen LogP contribution in [0, 0.1) is 0 Å². The number of nitrogens with one attached hydrogen (secondary N) is 1. The van der Waals surface area contributed by atoms with Crippen LogP contribution in [0.5, 0.6) is 0 Å². The van der Waals surface area contributed by atoms with Gasteiger partial charge in [0.15, 0.2) is 5.78 Å². The topological polar surface area (TPSA) is 65.0 Å². The second-order valence-corrected chi connectivity index (χ2v) is 11.3. The smallest absolute Gasteiger partial charge is 0.270 e. The van der Waals surface area contributed by atoms with E-state index in [9.17, 15) is 18.4 Å². The van der Waals surface area contributed by atoms with Crippen molar-refractivity contribution in [3.05, 3.63) is 83.4 Å². The molecule has 0 bridgehead atoms. The molecule has 3 aromatic carbocycles. The lowest BCUT2D eigenvalue weighted by atomic mass is 9.95. The number of benzene rings is 3. The van der Waals surface area contributed by atoms with E-state index in [4.69, 9.17) is 0 Å². The van der Waals surface area contributed by atoms with Gasteiger partial charge >= 0.3 is 0 Å². The fourth-order valence-electron chi connectivity index (χ4n) is 5.68. The lowest BCUT2D eigenvalue weighted by Crippen LogP contribution is -2.47. The molecule has 0 atom stereocenters. The Hall–Kier alpha value is -3.91. The molecule has 0 radical (unpaired) electrons. The lowest BCUT2D eigenvalue weighted by Gasteiger charge is -2.38. The molecule has 236 valence electrons. The summed E-state index contributed by atoms with van der Waals surface area (Å²) in [7, 11) is 1.84. The van der Waals surface area contributed by atoms with Crippen molar-refractivity contribution in [2.24, 2.45) is 4.99 Å². The summed E-state index contributed by atoms with van der Waals surface area (Å²) < 4.78 is 26.7. The molecular formula is C36H46F2N4O2. The molecular weight excluding hydrogens is 558 g/mol. The van der Waals surface area contributed by atoms with Crippen molar-refractivity contribution >= 4 is 29.8 Å². The number of piperidine rings is 1. The third-order valence-corrected chi connectivity index (χ3v) is 7.96. The first kappa shape index (κ1) is 34.6. The molecule has 6 nitrogen and oxygen atoms in total. The highest BCUT2D eigenvalue weighted by Crippen LogP contribution is 2.32. The van der Waals surface area contributed by atoms with Crippen LogP contribution < -0.4 is 5.32 Å². The van der Waals surface area contributed by atoms with Gasteiger partial charge in [0.2, 0.25) is 0 Å². The zero-order chi connectivity index (χ0) is 32.3. The molecule has 1 N–H and O–H groups in total. The first-order valence-electron chi connectivity index (χ1n) is 15.4. The number of ketones is 1. The summed E-state index contributed by atoms with van der Waals surface area (Å²) in [5, 5.41) is 3.07. The van der Waals surface area contributed by atoms with Crippen molar-refractivity contribution < 1.29 is 18.4 Å². The second-order valence-electron chi connectivity index (χ2n) is 11.3. The van der Waals surface area contributed by atoms with E-state index >= 15 is 0 Å². The maximum absolute atomic E-state index is 13.3. The van der Waals surface area contributed by atoms with E-state index in [-0.39, 0.29) is 17.3 Å². The molecule has 1 fully saturated rings. The summed E-state index contributed by atoms with van der Waals surface area (Å²) in [6, 6.07) is 19.4. The normalized spacial score (nSPS) is 13.7. The van der Waals surface area contributed by atoms with E-state index in [1.807, 2.05) is 30.1 Å². The Kier molecular flexibility index (Phi) is 12.8. The number of aliphatic imine (C=N–C) groups is 1. The summed E-state index contributed by atoms with van der Waals surface area (Å²) in [5.74, 6) is -2.87. The number of hydrogen-bond donors (Lipinski definition) is 1. The predicted octanol–water partition coefficient (Wildman–Crippen LogP) is 8.45. The molecule has 0 spiro atoms. The number of alkyl halides is 2. The fraction of sp³-hybridized carbons (Fsp3) is 0.417. The zero-order valence-corrected chi connectivity index (χ0v) is 26.7. The Morgan fingerprint density at radius 1 is 1.00 bits per heavy atom. The summed E-state index contributed by atoms with van der Waals surface area (Å²) in [4.78, 5) is 33.0. The van der Waals surface area contributed by atoms with Crippen molar-refractivity contribution in [3.63, 3.8) is 0 Å². The van der Waals surface area contributed by atoms with E-state index in [1.165, 1.54) is 31.9 Å².